The summed E-state index contributed by atoms with van der Waals surface area (Å²) < 4.78 is 0. The summed E-state index contributed by atoms with van der Waals surface area (Å²) in [4.78, 5) is 13.0. The third kappa shape index (κ3) is 5.19. The van der Waals surface area contributed by atoms with Gasteiger partial charge in [-0.2, -0.15) is 0 Å². The molecule has 0 fully saturated rings. The molecule has 114 valence electrons. The van der Waals surface area contributed by atoms with Gasteiger partial charge in [-0.15, -0.1) is 0 Å². The van der Waals surface area contributed by atoms with E-state index in [9.17, 15) is 4.79 Å². The van der Waals surface area contributed by atoms with E-state index in [2.05, 4.69) is 29.2 Å². The molecule has 0 aliphatic carbocycles. The average Bonchev–Trinajstić information content (AvgIpc) is 2.54. The van der Waals surface area contributed by atoms with Crippen molar-refractivity contribution >= 4 is 5.97 Å². The lowest BCUT2D eigenvalue weighted by molar-refractivity contribution is -0.131. The lowest BCUT2D eigenvalue weighted by Crippen LogP contribution is -2.30. The quantitative estimate of drug-likeness (QED) is 0.791. The van der Waals surface area contributed by atoms with Crippen LogP contribution in [0.4, 0.5) is 0 Å². The Bertz CT molecular complexity index is 566. The summed E-state index contributed by atoms with van der Waals surface area (Å²) in [5, 5.41) is 8.82. The third-order valence-corrected chi connectivity index (χ3v) is 3.55. The van der Waals surface area contributed by atoms with Gasteiger partial charge in [0.1, 0.15) is 0 Å². The van der Waals surface area contributed by atoms with Crippen molar-refractivity contribution in [3.05, 3.63) is 83.9 Å². The maximum atomic E-state index is 10.7. The molecule has 2 aromatic carbocycles. The second-order valence-corrected chi connectivity index (χ2v) is 5.31. The van der Waals surface area contributed by atoms with Crippen molar-refractivity contribution in [1.82, 2.24) is 4.90 Å². The van der Waals surface area contributed by atoms with Crippen molar-refractivity contribution < 1.29 is 9.90 Å². The predicted molar refractivity (Wildman–Crippen MR) is 88.4 cm³/mol. The second kappa shape index (κ2) is 8.15. The molecule has 0 saturated heterocycles. The fourth-order valence-corrected chi connectivity index (χ4v) is 2.32. The normalized spacial score (nSPS) is 12.6. The molecule has 0 saturated carbocycles. The van der Waals surface area contributed by atoms with Crippen molar-refractivity contribution in [3.8, 4) is 0 Å². The molecule has 22 heavy (non-hydrogen) atoms. The molecule has 0 aliphatic heterocycles. The van der Waals surface area contributed by atoms with Crippen molar-refractivity contribution in [2.75, 3.05) is 0 Å². The van der Waals surface area contributed by atoms with Crippen molar-refractivity contribution in [2.24, 2.45) is 0 Å². The van der Waals surface area contributed by atoms with Crippen LogP contribution in [0.15, 0.2) is 72.8 Å². The molecule has 1 N–H and O–H groups in total. The number of nitrogens with zero attached hydrogens (tertiary/aromatic N) is 1. The summed E-state index contributed by atoms with van der Waals surface area (Å²) in [5.41, 5.74) is 2.43. The number of carboxylic acid groups (broad SMARTS) is 1. The van der Waals surface area contributed by atoms with Crippen molar-refractivity contribution in [3.63, 3.8) is 0 Å². The molecule has 0 bridgehead atoms. The van der Waals surface area contributed by atoms with Gasteiger partial charge >= 0.3 is 5.97 Å². The summed E-state index contributed by atoms with van der Waals surface area (Å²) in [5.74, 6) is -0.911. The van der Waals surface area contributed by atoms with Crippen LogP contribution >= 0.6 is 0 Å². The van der Waals surface area contributed by atoms with Gasteiger partial charge < -0.3 is 5.11 Å². The van der Waals surface area contributed by atoms with Gasteiger partial charge in [0, 0.05) is 25.2 Å². The first kappa shape index (κ1) is 16.0. The highest BCUT2D eigenvalue weighted by atomic mass is 16.4. The van der Waals surface area contributed by atoms with Gasteiger partial charge in [-0.3, -0.25) is 4.90 Å². The van der Waals surface area contributed by atoms with E-state index in [4.69, 9.17) is 5.11 Å². The van der Waals surface area contributed by atoms with Crippen LogP contribution in [0.3, 0.4) is 0 Å². The topological polar surface area (TPSA) is 40.5 Å². The average molecular weight is 295 g/mol. The van der Waals surface area contributed by atoms with Crippen LogP contribution in [0.1, 0.15) is 18.1 Å². The van der Waals surface area contributed by atoms with Crippen LogP contribution in [0.25, 0.3) is 0 Å². The zero-order chi connectivity index (χ0) is 15.8. The van der Waals surface area contributed by atoms with Gasteiger partial charge in [0.25, 0.3) is 0 Å². The van der Waals surface area contributed by atoms with Gasteiger partial charge in [-0.25, -0.2) is 4.79 Å². The standard InChI is InChI=1S/C19H21NO2/c1-16(12-13-19(21)22)20(14-17-8-4-2-5-9-17)15-18-10-6-3-7-11-18/h2-13,16H,14-15H2,1H3,(H,21,22)/b13-12+/t16-/m0/s1. The molecule has 1 atom stereocenters. The van der Waals surface area contributed by atoms with E-state index < -0.39 is 5.97 Å². The summed E-state index contributed by atoms with van der Waals surface area (Å²) in [7, 11) is 0. The molecular weight excluding hydrogens is 274 g/mol. The van der Waals surface area contributed by atoms with Crippen LogP contribution in [0, 0.1) is 0 Å². The zero-order valence-electron chi connectivity index (χ0n) is 12.7. The molecule has 2 rings (SSSR count). The van der Waals surface area contributed by atoms with E-state index >= 15 is 0 Å². The highest BCUT2D eigenvalue weighted by molar-refractivity contribution is 5.79. The largest absolute Gasteiger partial charge is 0.478 e. The number of aliphatic carboxylic acids is 1. The van der Waals surface area contributed by atoms with Crippen LogP contribution in [0.2, 0.25) is 0 Å². The SMILES string of the molecule is C[C@@H](/C=C/C(=O)O)N(Cc1ccccc1)Cc1ccccc1. The Hall–Kier alpha value is -2.39. The van der Waals surface area contributed by atoms with Crippen molar-refractivity contribution in [2.45, 2.75) is 26.1 Å². The Balaban J connectivity index is 2.14. The maximum Gasteiger partial charge on any atom is 0.328 e. The molecule has 0 spiro atoms. The minimum absolute atomic E-state index is 0.0384. The molecule has 0 amide bonds. The number of rotatable bonds is 7. The summed E-state index contributed by atoms with van der Waals surface area (Å²) in [6.07, 6.45) is 2.95. The van der Waals surface area contributed by atoms with Gasteiger partial charge in [-0.1, -0.05) is 66.7 Å². The third-order valence-electron chi connectivity index (χ3n) is 3.55. The lowest BCUT2D eigenvalue weighted by Gasteiger charge is -2.27. The Kier molecular flexibility index (Phi) is 5.92. The van der Waals surface area contributed by atoms with Crippen LogP contribution in [0.5, 0.6) is 0 Å². The van der Waals surface area contributed by atoms with Crippen LogP contribution in [-0.2, 0) is 17.9 Å². The number of benzene rings is 2. The predicted octanol–water partition coefficient (Wildman–Crippen LogP) is 3.72. The molecule has 0 aromatic heterocycles. The number of hydrogen-bond acceptors (Lipinski definition) is 2. The Morgan fingerprint density at radius 3 is 1.86 bits per heavy atom. The summed E-state index contributed by atoms with van der Waals surface area (Å²) in [6, 6.07) is 20.5. The Labute approximate surface area is 131 Å². The van der Waals surface area contributed by atoms with Gasteiger partial charge in [0.2, 0.25) is 0 Å². The second-order valence-electron chi connectivity index (χ2n) is 5.31. The fraction of sp³-hybridized carbons (Fsp3) is 0.211. The van der Waals surface area contributed by atoms with Crippen LogP contribution in [-0.4, -0.2) is 22.0 Å². The summed E-state index contributed by atoms with van der Waals surface area (Å²) in [6.45, 7) is 3.58. The smallest absolute Gasteiger partial charge is 0.328 e. The minimum atomic E-state index is -0.911. The molecular formula is C19H21NO2. The molecule has 0 unspecified atom stereocenters. The minimum Gasteiger partial charge on any atom is -0.478 e. The molecule has 0 heterocycles. The lowest BCUT2D eigenvalue weighted by atomic mass is 10.1. The Morgan fingerprint density at radius 1 is 1.00 bits per heavy atom. The van der Waals surface area contributed by atoms with E-state index in [1.54, 1.807) is 6.08 Å². The van der Waals surface area contributed by atoms with E-state index in [-0.39, 0.29) is 6.04 Å². The first-order valence-electron chi connectivity index (χ1n) is 7.38. The summed E-state index contributed by atoms with van der Waals surface area (Å²) >= 11 is 0. The molecule has 2 aromatic rings. The van der Waals surface area contributed by atoms with Gasteiger partial charge in [-0.05, 0) is 18.1 Å². The first-order chi connectivity index (χ1) is 10.6. The monoisotopic (exact) mass is 295 g/mol. The van der Waals surface area contributed by atoms with E-state index in [0.717, 1.165) is 13.1 Å². The number of carbonyl (C=O) groups is 1. The van der Waals surface area contributed by atoms with Crippen molar-refractivity contribution in [1.29, 1.82) is 0 Å². The Morgan fingerprint density at radius 2 is 1.45 bits per heavy atom. The van der Waals surface area contributed by atoms with E-state index in [1.807, 2.05) is 43.3 Å². The number of carboxylic acids is 1. The van der Waals surface area contributed by atoms with E-state index in [1.165, 1.54) is 17.2 Å². The van der Waals surface area contributed by atoms with E-state index in [0.29, 0.717) is 0 Å². The fourth-order valence-electron chi connectivity index (χ4n) is 2.32. The molecule has 0 aliphatic rings. The first-order valence-corrected chi connectivity index (χ1v) is 7.38. The highest BCUT2D eigenvalue weighted by Gasteiger charge is 2.13. The zero-order valence-corrected chi connectivity index (χ0v) is 12.7. The highest BCUT2D eigenvalue weighted by Crippen LogP contribution is 2.14. The van der Waals surface area contributed by atoms with Gasteiger partial charge in [0.05, 0.1) is 0 Å². The maximum absolute atomic E-state index is 10.7. The molecule has 3 heteroatoms. The molecule has 3 nitrogen and oxygen atoms in total. The molecule has 0 radical (unpaired) electrons. The number of hydrogen-bond donors (Lipinski definition) is 1. The van der Waals surface area contributed by atoms with Crippen LogP contribution < -0.4 is 0 Å². The van der Waals surface area contributed by atoms with Gasteiger partial charge in [0.15, 0.2) is 0 Å².